The highest BCUT2D eigenvalue weighted by Gasteiger charge is 2.51. The van der Waals surface area contributed by atoms with Crippen molar-refractivity contribution < 1.29 is 9.31 Å². The van der Waals surface area contributed by atoms with Crippen LogP contribution in [0.1, 0.15) is 48.0 Å². The molecule has 0 aliphatic carbocycles. The van der Waals surface area contributed by atoms with Crippen molar-refractivity contribution in [2.45, 2.75) is 59.2 Å². The van der Waals surface area contributed by atoms with Gasteiger partial charge < -0.3 is 14.2 Å². The summed E-state index contributed by atoms with van der Waals surface area (Å²) in [4.78, 5) is 6.76. The Bertz CT molecular complexity index is 475. The van der Waals surface area contributed by atoms with Crippen LogP contribution < -0.4 is 10.4 Å². The quantitative estimate of drug-likeness (QED) is 0.781. The average molecular weight is 290 g/mol. The zero-order valence-corrected chi connectivity index (χ0v) is 14.1. The summed E-state index contributed by atoms with van der Waals surface area (Å²) in [6.45, 7) is 14.6. The van der Waals surface area contributed by atoms with E-state index in [0.29, 0.717) is 0 Å². The molecule has 0 unspecified atom stereocenters. The van der Waals surface area contributed by atoms with Gasteiger partial charge in [-0.2, -0.15) is 0 Å². The van der Waals surface area contributed by atoms with E-state index in [1.807, 2.05) is 12.3 Å². The third kappa shape index (κ3) is 3.24. The Morgan fingerprint density at radius 1 is 1.14 bits per heavy atom. The van der Waals surface area contributed by atoms with Gasteiger partial charge in [0.25, 0.3) is 0 Å². The second kappa shape index (κ2) is 5.97. The van der Waals surface area contributed by atoms with Gasteiger partial charge in [0.1, 0.15) is 5.82 Å². The zero-order valence-electron chi connectivity index (χ0n) is 14.1. The van der Waals surface area contributed by atoms with Crippen LogP contribution in [0.4, 0.5) is 5.82 Å². The largest absolute Gasteiger partial charge is 0.495 e. The molecule has 1 aromatic rings. The third-order valence-electron chi connectivity index (χ3n) is 4.49. The standard InChI is InChI=1S/C16H27BN2O2/c1-7-11-19(8-2)14-12-13(9-10-18-14)17-20-15(3,4)16(5,6)21-17/h9-10,12H,7-8,11H2,1-6H3. The minimum atomic E-state index is -0.322. The molecule has 0 atom stereocenters. The van der Waals surface area contributed by atoms with Crippen LogP contribution in [-0.2, 0) is 9.31 Å². The first-order chi connectivity index (χ1) is 9.80. The molecule has 0 radical (unpaired) electrons. The highest BCUT2D eigenvalue weighted by molar-refractivity contribution is 6.62. The Morgan fingerprint density at radius 3 is 2.29 bits per heavy atom. The van der Waals surface area contributed by atoms with E-state index in [4.69, 9.17) is 9.31 Å². The number of rotatable bonds is 5. The van der Waals surface area contributed by atoms with E-state index >= 15 is 0 Å². The molecular formula is C16H27BN2O2. The lowest BCUT2D eigenvalue weighted by Gasteiger charge is -2.32. The summed E-state index contributed by atoms with van der Waals surface area (Å²) in [5, 5.41) is 0. The number of hydrogen-bond acceptors (Lipinski definition) is 4. The molecule has 2 heterocycles. The molecule has 0 aromatic carbocycles. The van der Waals surface area contributed by atoms with Crippen molar-refractivity contribution in [2.75, 3.05) is 18.0 Å². The fourth-order valence-corrected chi connectivity index (χ4v) is 2.44. The zero-order chi connectivity index (χ0) is 15.7. The minimum absolute atomic E-state index is 0.311. The molecule has 1 aromatic heterocycles. The molecule has 0 bridgehead atoms. The van der Waals surface area contributed by atoms with Gasteiger partial charge in [-0.3, -0.25) is 0 Å². The normalized spacial score (nSPS) is 19.8. The number of anilines is 1. The van der Waals surface area contributed by atoms with Crippen LogP contribution in [0.25, 0.3) is 0 Å². The lowest BCUT2D eigenvalue weighted by Crippen LogP contribution is -2.41. The molecule has 0 saturated carbocycles. The summed E-state index contributed by atoms with van der Waals surface area (Å²) in [7, 11) is -0.322. The summed E-state index contributed by atoms with van der Waals surface area (Å²) < 4.78 is 12.2. The maximum atomic E-state index is 6.11. The van der Waals surface area contributed by atoms with Gasteiger partial charge in [-0.05, 0) is 58.6 Å². The summed E-state index contributed by atoms with van der Waals surface area (Å²) in [5.41, 5.74) is 0.414. The van der Waals surface area contributed by atoms with E-state index in [2.05, 4.69) is 57.5 Å². The summed E-state index contributed by atoms with van der Waals surface area (Å²) in [6, 6.07) is 4.06. The number of nitrogens with zero attached hydrogens (tertiary/aromatic N) is 2. The van der Waals surface area contributed by atoms with Gasteiger partial charge >= 0.3 is 7.12 Å². The molecule has 2 rings (SSSR count). The molecule has 5 heteroatoms. The smallest absolute Gasteiger partial charge is 0.399 e. The summed E-state index contributed by atoms with van der Waals surface area (Å²) in [5.74, 6) is 0.992. The molecule has 1 saturated heterocycles. The van der Waals surface area contributed by atoms with Gasteiger partial charge in [0.2, 0.25) is 0 Å². The fraction of sp³-hybridized carbons (Fsp3) is 0.688. The average Bonchev–Trinajstić information content (AvgIpc) is 2.65. The van der Waals surface area contributed by atoms with E-state index in [1.165, 1.54) is 0 Å². The molecule has 4 nitrogen and oxygen atoms in total. The van der Waals surface area contributed by atoms with Gasteiger partial charge in [-0.1, -0.05) is 6.92 Å². The lowest BCUT2D eigenvalue weighted by molar-refractivity contribution is 0.00578. The topological polar surface area (TPSA) is 34.6 Å². The number of hydrogen-bond donors (Lipinski definition) is 0. The first-order valence-corrected chi connectivity index (χ1v) is 7.87. The molecule has 1 fully saturated rings. The second-order valence-electron chi connectivity index (χ2n) is 6.62. The molecular weight excluding hydrogens is 263 g/mol. The SMILES string of the molecule is CCCN(CC)c1cc(B2OC(C)(C)C(C)(C)O2)ccn1. The monoisotopic (exact) mass is 290 g/mol. The van der Waals surface area contributed by atoms with Crippen molar-refractivity contribution >= 4 is 18.4 Å². The van der Waals surface area contributed by atoms with Crippen molar-refractivity contribution in [1.29, 1.82) is 0 Å². The lowest BCUT2D eigenvalue weighted by atomic mass is 9.79. The van der Waals surface area contributed by atoms with E-state index in [9.17, 15) is 0 Å². The molecule has 0 amide bonds. The maximum Gasteiger partial charge on any atom is 0.495 e. The Labute approximate surface area is 129 Å². The molecule has 116 valence electrons. The Kier molecular flexibility index (Phi) is 4.64. The van der Waals surface area contributed by atoms with Gasteiger partial charge in [0.15, 0.2) is 0 Å². The first kappa shape index (κ1) is 16.3. The van der Waals surface area contributed by atoms with Crippen LogP contribution in [-0.4, -0.2) is 36.4 Å². The predicted molar refractivity (Wildman–Crippen MR) is 88.1 cm³/mol. The van der Waals surface area contributed by atoms with Gasteiger partial charge in [0.05, 0.1) is 11.2 Å². The predicted octanol–water partition coefficient (Wildman–Crippen LogP) is 2.62. The second-order valence-corrected chi connectivity index (χ2v) is 6.62. The van der Waals surface area contributed by atoms with Gasteiger partial charge in [0, 0.05) is 19.3 Å². The van der Waals surface area contributed by atoms with Crippen molar-refractivity contribution in [1.82, 2.24) is 4.98 Å². The third-order valence-corrected chi connectivity index (χ3v) is 4.49. The van der Waals surface area contributed by atoms with E-state index in [0.717, 1.165) is 30.8 Å². The van der Waals surface area contributed by atoms with Crippen molar-refractivity contribution in [3.05, 3.63) is 18.3 Å². The summed E-state index contributed by atoms with van der Waals surface area (Å²) >= 11 is 0. The van der Waals surface area contributed by atoms with Crippen molar-refractivity contribution in [3.63, 3.8) is 0 Å². The molecule has 0 spiro atoms. The highest BCUT2D eigenvalue weighted by Crippen LogP contribution is 2.36. The molecule has 21 heavy (non-hydrogen) atoms. The van der Waals surface area contributed by atoms with E-state index in [-0.39, 0.29) is 18.3 Å². The molecule has 1 aliphatic heterocycles. The molecule has 1 aliphatic rings. The number of pyridine rings is 1. The van der Waals surface area contributed by atoms with Crippen LogP contribution in [0.2, 0.25) is 0 Å². The number of aromatic nitrogens is 1. The summed E-state index contributed by atoms with van der Waals surface area (Å²) in [6.07, 6.45) is 2.95. The maximum absolute atomic E-state index is 6.11. The highest BCUT2D eigenvalue weighted by atomic mass is 16.7. The van der Waals surface area contributed by atoms with E-state index in [1.54, 1.807) is 0 Å². The van der Waals surface area contributed by atoms with Crippen LogP contribution in [0.15, 0.2) is 18.3 Å². The van der Waals surface area contributed by atoms with Crippen LogP contribution in [0.5, 0.6) is 0 Å². The minimum Gasteiger partial charge on any atom is -0.399 e. The van der Waals surface area contributed by atoms with Crippen molar-refractivity contribution in [2.24, 2.45) is 0 Å². The van der Waals surface area contributed by atoms with Gasteiger partial charge in [-0.15, -0.1) is 0 Å². The van der Waals surface area contributed by atoms with Gasteiger partial charge in [-0.25, -0.2) is 4.98 Å². The first-order valence-electron chi connectivity index (χ1n) is 7.87. The van der Waals surface area contributed by atoms with Crippen LogP contribution in [0, 0.1) is 0 Å². The Hall–Kier alpha value is -1.07. The Balaban J connectivity index is 2.23. The molecule has 0 N–H and O–H groups in total. The van der Waals surface area contributed by atoms with Crippen molar-refractivity contribution in [3.8, 4) is 0 Å². The van der Waals surface area contributed by atoms with Crippen LogP contribution in [0.3, 0.4) is 0 Å². The Morgan fingerprint density at radius 2 is 1.76 bits per heavy atom. The van der Waals surface area contributed by atoms with Crippen LogP contribution >= 0.6 is 0 Å². The fourth-order valence-electron chi connectivity index (χ4n) is 2.44. The van der Waals surface area contributed by atoms with E-state index < -0.39 is 0 Å².